The summed E-state index contributed by atoms with van der Waals surface area (Å²) in [6, 6.07) is 7.99. The predicted molar refractivity (Wildman–Crippen MR) is 95.8 cm³/mol. The zero-order valence-corrected chi connectivity index (χ0v) is 15.1. The van der Waals surface area contributed by atoms with Gasteiger partial charge in [-0.2, -0.15) is 0 Å². The third kappa shape index (κ3) is 3.69. The molecular formula is C18H20ClN3O3. The molecule has 0 saturated carbocycles. The van der Waals surface area contributed by atoms with Crippen LogP contribution in [0.5, 0.6) is 0 Å². The maximum Gasteiger partial charge on any atom is 0.249 e. The number of anilines is 2. The van der Waals surface area contributed by atoms with Gasteiger partial charge in [0.1, 0.15) is 6.04 Å². The van der Waals surface area contributed by atoms with Crippen molar-refractivity contribution in [2.75, 3.05) is 10.2 Å². The number of benzene rings is 1. The minimum Gasteiger partial charge on any atom is -0.338 e. The van der Waals surface area contributed by atoms with Gasteiger partial charge in [0.05, 0.1) is 5.69 Å². The molecule has 25 heavy (non-hydrogen) atoms. The molecule has 0 aliphatic carbocycles. The molecule has 1 fully saturated rings. The SMILES string of the molecule is CC(C)(C)c1cc(NC(=O)[C@@H]2CCC(=O)N2c2ccc(Cl)cc2)on1. The number of halogens is 1. The first kappa shape index (κ1) is 17.5. The van der Waals surface area contributed by atoms with Crippen molar-refractivity contribution in [2.24, 2.45) is 0 Å². The van der Waals surface area contributed by atoms with Crippen molar-refractivity contribution in [3.8, 4) is 0 Å². The molecule has 2 aromatic rings. The van der Waals surface area contributed by atoms with E-state index in [1.807, 2.05) is 20.8 Å². The highest BCUT2D eigenvalue weighted by Crippen LogP contribution is 2.29. The van der Waals surface area contributed by atoms with Crippen LogP contribution in [0.15, 0.2) is 34.9 Å². The van der Waals surface area contributed by atoms with E-state index in [0.29, 0.717) is 23.6 Å². The Bertz CT molecular complexity index is 793. The van der Waals surface area contributed by atoms with Gasteiger partial charge in [-0.25, -0.2) is 0 Å². The molecule has 1 aromatic carbocycles. The van der Waals surface area contributed by atoms with Crippen molar-refractivity contribution in [2.45, 2.75) is 45.1 Å². The van der Waals surface area contributed by atoms with Gasteiger partial charge in [0, 0.05) is 28.6 Å². The predicted octanol–water partition coefficient (Wildman–Crippen LogP) is 3.76. The fourth-order valence-electron chi connectivity index (χ4n) is 2.75. The van der Waals surface area contributed by atoms with Crippen LogP contribution in [0.3, 0.4) is 0 Å². The van der Waals surface area contributed by atoms with E-state index in [1.165, 1.54) is 4.90 Å². The summed E-state index contributed by atoms with van der Waals surface area (Å²) in [5.74, 6) is -0.0989. The molecule has 1 aliphatic heterocycles. The summed E-state index contributed by atoms with van der Waals surface area (Å²) in [6.07, 6.45) is 0.776. The van der Waals surface area contributed by atoms with Crippen LogP contribution in [-0.2, 0) is 15.0 Å². The third-order valence-corrected chi connectivity index (χ3v) is 4.40. The normalized spacial score (nSPS) is 17.8. The summed E-state index contributed by atoms with van der Waals surface area (Å²) in [5, 5.41) is 7.28. The van der Waals surface area contributed by atoms with Crippen LogP contribution in [0, 0.1) is 0 Å². The maximum atomic E-state index is 12.7. The first-order valence-electron chi connectivity index (χ1n) is 8.11. The average Bonchev–Trinajstić information content (AvgIpc) is 3.15. The Morgan fingerprint density at radius 3 is 2.60 bits per heavy atom. The van der Waals surface area contributed by atoms with Gasteiger partial charge in [0.25, 0.3) is 0 Å². The Labute approximate surface area is 151 Å². The van der Waals surface area contributed by atoms with Gasteiger partial charge < -0.3 is 4.52 Å². The number of aromatic nitrogens is 1. The number of hydrogen-bond donors (Lipinski definition) is 1. The molecule has 0 unspecified atom stereocenters. The average molecular weight is 362 g/mol. The van der Waals surface area contributed by atoms with Gasteiger partial charge in [0.2, 0.25) is 17.7 Å². The molecule has 2 amide bonds. The largest absolute Gasteiger partial charge is 0.338 e. The molecule has 2 heterocycles. The van der Waals surface area contributed by atoms with Crippen LogP contribution in [0.2, 0.25) is 5.02 Å². The first-order chi connectivity index (χ1) is 11.8. The molecule has 1 N–H and O–H groups in total. The number of hydrogen-bond acceptors (Lipinski definition) is 4. The van der Waals surface area contributed by atoms with Gasteiger partial charge in [-0.3, -0.25) is 19.8 Å². The Hall–Kier alpha value is -2.34. The minimum atomic E-state index is -0.586. The highest BCUT2D eigenvalue weighted by Gasteiger charge is 2.37. The highest BCUT2D eigenvalue weighted by molar-refractivity contribution is 6.30. The molecule has 0 bridgehead atoms. The van der Waals surface area contributed by atoms with Gasteiger partial charge in [-0.05, 0) is 30.7 Å². The molecular weight excluding hydrogens is 342 g/mol. The summed E-state index contributed by atoms with van der Waals surface area (Å²) >= 11 is 5.90. The quantitative estimate of drug-likeness (QED) is 0.903. The van der Waals surface area contributed by atoms with E-state index < -0.39 is 6.04 Å². The van der Waals surface area contributed by atoms with Crippen molar-refractivity contribution in [3.63, 3.8) is 0 Å². The second-order valence-corrected chi connectivity index (χ2v) is 7.55. The summed E-state index contributed by atoms with van der Waals surface area (Å²) in [6.45, 7) is 6.02. The van der Waals surface area contributed by atoms with Gasteiger partial charge >= 0.3 is 0 Å². The summed E-state index contributed by atoms with van der Waals surface area (Å²) in [7, 11) is 0. The van der Waals surface area contributed by atoms with Gasteiger partial charge in [-0.15, -0.1) is 0 Å². The lowest BCUT2D eigenvalue weighted by Crippen LogP contribution is -2.41. The summed E-state index contributed by atoms with van der Waals surface area (Å²) in [4.78, 5) is 26.4. The molecule has 132 valence electrons. The highest BCUT2D eigenvalue weighted by atomic mass is 35.5. The van der Waals surface area contributed by atoms with Gasteiger partial charge in [-0.1, -0.05) is 37.5 Å². The zero-order valence-electron chi connectivity index (χ0n) is 14.4. The topological polar surface area (TPSA) is 75.4 Å². The second-order valence-electron chi connectivity index (χ2n) is 7.11. The lowest BCUT2D eigenvalue weighted by Gasteiger charge is -2.23. The van der Waals surface area contributed by atoms with Crippen molar-refractivity contribution in [3.05, 3.63) is 41.0 Å². The monoisotopic (exact) mass is 361 g/mol. The summed E-state index contributed by atoms with van der Waals surface area (Å²) in [5.41, 5.74) is 1.23. The third-order valence-electron chi connectivity index (χ3n) is 4.14. The minimum absolute atomic E-state index is 0.0876. The van der Waals surface area contributed by atoms with E-state index in [1.54, 1.807) is 30.3 Å². The standard InChI is InChI=1S/C18H20ClN3O3/c1-18(2,3)14-10-15(25-21-14)20-17(24)13-8-9-16(23)22(13)12-6-4-11(19)5-7-12/h4-7,10,13H,8-9H2,1-3H3,(H,20,24)/t13-/m0/s1. The summed E-state index contributed by atoms with van der Waals surface area (Å²) < 4.78 is 5.20. The Morgan fingerprint density at radius 2 is 2.00 bits per heavy atom. The number of nitrogens with zero attached hydrogens (tertiary/aromatic N) is 2. The Kier molecular flexibility index (Phi) is 4.56. The molecule has 1 atom stereocenters. The smallest absolute Gasteiger partial charge is 0.249 e. The molecule has 1 saturated heterocycles. The second kappa shape index (κ2) is 6.52. The Balaban J connectivity index is 1.77. The molecule has 7 heteroatoms. The fraction of sp³-hybridized carbons (Fsp3) is 0.389. The van der Waals surface area contributed by atoms with Crippen molar-refractivity contribution in [1.29, 1.82) is 0 Å². The lowest BCUT2D eigenvalue weighted by molar-refractivity contribution is -0.120. The zero-order chi connectivity index (χ0) is 18.2. The number of nitrogens with one attached hydrogen (secondary N) is 1. The van der Waals surface area contributed by atoms with Gasteiger partial charge in [0.15, 0.2) is 0 Å². The van der Waals surface area contributed by atoms with Crippen molar-refractivity contribution >= 4 is 35.0 Å². The van der Waals surface area contributed by atoms with Crippen molar-refractivity contribution in [1.82, 2.24) is 5.16 Å². The molecule has 1 aliphatic rings. The van der Waals surface area contributed by atoms with Crippen LogP contribution in [-0.4, -0.2) is 23.0 Å². The molecule has 1 aromatic heterocycles. The molecule has 0 radical (unpaired) electrons. The van der Waals surface area contributed by atoms with Crippen LogP contribution in [0.1, 0.15) is 39.3 Å². The van der Waals surface area contributed by atoms with E-state index in [2.05, 4.69) is 10.5 Å². The van der Waals surface area contributed by atoms with E-state index >= 15 is 0 Å². The van der Waals surface area contributed by atoms with Crippen LogP contribution in [0.25, 0.3) is 0 Å². The van der Waals surface area contributed by atoms with E-state index in [9.17, 15) is 9.59 Å². The van der Waals surface area contributed by atoms with E-state index in [0.717, 1.165) is 5.69 Å². The number of carbonyl (C=O) groups is 2. The van der Waals surface area contributed by atoms with Crippen LogP contribution < -0.4 is 10.2 Å². The molecule has 6 nitrogen and oxygen atoms in total. The van der Waals surface area contributed by atoms with E-state index in [-0.39, 0.29) is 23.1 Å². The number of amides is 2. The number of carbonyl (C=O) groups excluding carboxylic acids is 2. The number of rotatable bonds is 3. The molecule has 3 rings (SSSR count). The fourth-order valence-corrected chi connectivity index (χ4v) is 2.88. The van der Waals surface area contributed by atoms with Crippen LogP contribution in [0.4, 0.5) is 11.6 Å². The van der Waals surface area contributed by atoms with Crippen molar-refractivity contribution < 1.29 is 14.1 Å². The van der Waals surface area contributed by atoms with E-state index in [4.69, 9.17) is 16.1 Å². The first-order valence-corrected chi connectivity index (χ1v) is 8.49. The Morgan fingerprint density at radius 1 is 1.32 bits per heavy atom. The molecule has 0 spiro atoms. The lowest BCUT2D eigenvalue weighted by atomic mass is 9.92. The van der Waals surface area contributed by atoms with Crippen LogP contribution >= 0.6 is 11.6 Å². The maximum absolute atomic E-state index is 12.7.